The highest BCUT2D eigenvalue weighted by atomic mass is 19.1. The summed E-state index contributed by atoms with van der Waals surface area (Å²) in [5.74, 6) is -5.09. The van der Waals surface area contributed by atoms with E-state index in [9.17, 15) is 28.0 Å². The third kappa shape index (κ3) is 11.9. The lowest BCUT2D eigenvalue weighted by Crippen LogP contribution is -2.29. The van der Waals surface area contributed by atoms with Gasteiger partial charge in [0.05, 0.1) is 0 Å². The Morgan fingerprint density at radius 1 is 0.636 bits per heavy atom. The van der Waals surface area contributed by atoms with E-state index >= 15 is 0 Å². The predicted molar refractivity (Wildman–Crippen MR) is 153 cm³/mol. The molecule has 3 rings (SSSR count). The zero-order valence-electron chi connectivity index (χ0n) is 23.6. The number of esters is 4. The van der Waals surface area contributed by atoms with Crippen molar-refractivity contribution in [3.8, 4) is 11.5 Å². The molecule has 1 saturated carbocycles. The Morgan fingerprint density at radius 2 is 0.977 bits per heavy atom. The SMILES string of the molecule is C=C(F)C(=O)OCOc1ccc(C=CC(=O)OC2CCC(OC(=O)C=Cc3ccc(OCOC(=O)C(=C)F)cc3)CC2)cc1. The van der Waals surface area contributed by atoms with Crippen LogP contribution in [0, 0.1) is 0 Å². The van der Waals surface area contributed by atoms with Crippen molar-refractivity contribution in [2.75, 3.05) is 13.6 Å². The number of carbonyl (C=O) groups excluding carboxylic acids is 4. The largest absolute Gasteiger partial charge is 0.459 e. The van der Waals surface area contributed by atoms with E-state index in [2.05, 4.69) is 22.6 Å². The molecule has 0 unspecified atom stereocenters. The number of ether oxygens (including phenoxy) is 6. The predicted octanol–water partition coefficient (Wildman–Crippen LogP) is 5.54. The fourth-order valence-corrected chi connectivity index (χ4v) is 3.81. The van der Waals surface area contributed by atoms with Crippen LogP contribution in [0.2, 0.25) is 0 Å². The Kier molecular flexibility index (Phi) is 12.8. The van der Waals surface area contributed by atoms with Gasteiger partial charge in [0.1, 0.15) is 23.7 Å². The summed E-state index contributed by atoms with van der Waals surface area (Å²) in [4.78, 5) is 46.5. The van der Waals surface area contributed by atoms with Crippen molar-refractivity contribution < 1.29 is 56.4 Å². The molecule has 0 radical (unpaired) electrons. The maximum absolute atomic E-state index is 12.6. The third-order valence-electron chi connectivity index (χ3n) is 6.05. The van der Waals surface area contributed by atoms with Crippen LogP contribution in [0.3, 0.4) is 0 Å². The lowest BCUT2D eigenvalue weighted by atomic mass is 9.95. The average Bonchev–Trinajstić information content (AvgIpc) is 3.01. The standard InChI is InChI=1S/C32H30F2O10/c1-21(33)31(37)41-19-39-25-9-3-23(4-10-25)7-17-29(35)43-27-13-15-28(16-14-27)44-30(36)18-8-24-5-11-26(12-6-24)40-20-42-32(38)22(2)34/h3-12,17-18,27-28H,1-2,13-16,19-20H2. The lowest BCUT2D eigenvalue weighted by molar-refractivity contribution is -0.151. The van der Waals surface area contributed by atoms with Crippen molar-refractivity contribution in [2.24, 2.45) is 0 Å². The van der Waals surface area contributed by atoms with E-state index in [4.69, 9.17) is 18.9 Å². The molecule has 0 amide bonds. The molecular weight excluding hydrogens is 582 g/mol. The van der Waals surface area contributed by atoms with Crippen LogP contribution in [0.5, 0.6) is 11.5 Å². The van der Waals surface area contributed by atoms with Crippen LogP contribution in [-0.2, 0) is 38.1 Å². The van der Waals surface area contributed by atoms with Crippen LogP contribution < -0.4 is 9.47 Å². The molecule has 10 nitrogen and oxygen atoms in total. The summed E-state index contributed by atoms with van der Waals surface area (Å²) >= 11 is 0. The van der Waals surface area contributed by atoms with E-state index in [1.165, 1.54) is 12.2 Å². The minimum atomic E-state index is -1.22. The van der Waals surface area contributed by atoms with Gasteiger partial charge >= 0.3 is 23.9 Å². The quantitative estimate of drug-likeness (QED) is 0.116. The number of hydrogen-bond acceptors (Lipinski definition) is 10. The maximum atomic E-state index is 12.6. The molecule has 12 heteroatoms. The maximum Gasteiger partial charge on any atom is 0.369 e. The Balaban J connectivity index is 1.32. The fraction of sp³-hybridized carbons (Fsp3) is 0.250. The molecule has 0 N–H and O–H groups in total. The lowest BCUT2D eigenvalue weighted by Gasteiger charge is -2.27. The normalized spacial score (nSPS) is 16.1. The van der Waals surface area contributed by atoms with Gasteiger partial charge in [0.25, 0.3) is 0 Å². The van der Waals surface area contributed by atoms with Crippen LogP contribution in [0.4, 0.5) is 8.78 Å². The second-order valence-corrected chi connectivity index (χ2v) is 9.27. The van der Waals surface area contributed by atoms with Crippen LogP contribution in [-0.4, -0.2) is 49.7 Å². The molecule has 0 atom stereocenters. The van der Waals surface area contributed by atoms with Crippen LogP contribution in [0.1, 0.15) is 36.8 Å². The molecule has 1 aliphatic rings. The van der Waals surface area contributed by atoms with Gasteiger partial charge in [-0.3, -0.25) is 0 Å². The zero-order chi connectivity index (χ0) is 31.9. The molecule has 0 aromatic heterocycles. The number of hydrogen-bond donors (Lipinski definition) is 0. The Bertz CT molecular complexity index is 1280. The minimum Gasteiger partial charge on any atom is -0.459 e. The summed E-state index contributed by atoms with van der Waals surface area (Å²) in [6.45, 7) is 4.70. The molecule has 232 valence electrons. The summed E-state index contributed by atoms with van der Waals surface area (Å²) in [5.41, 5.74) is 1.39. The van der Waals surface area contributed by atoms with Crippen molar-refractivity contribution in [2.45, 2.75) is 37.9 Å². The van der Waals surface area contributed by atoms with Crippen molar-refractivity contribution in [1.82, 2.24) is 0 Å². The molecule has 1 fully saturated rings. The highest BCUT2D eigenvalue weighted by Crippen LogP contribution is 2.24. The average molecular weight is 613 g/mol. The summed E-state index contributed by atoms with van der Waals surface area (Å²) in [6.07, 6.45) is 7.35. The Hall–Kier alpha value is -5.26. The molecular formula is C32H30F2O10. The Labute approximate surface area is 252 Å². The van der Waals surface area contributed by atoms with Gasteiger partial charge in [0.2, 0.25) is 25.2 Å². The zero-order valence-corrected chi connectivity index (χ0v) is 23.6. The second kappa shape index (κ2) is 17.0. The van der Waals surface area contributed by atoms with Crippen molar-refractivity contribution in [1.29, 1.82) is 0 Å². The summed E-state index contributed by atoms with van der Waals surface area (Å²) in [7, 11) is 0. The van der Waals surface area contributed by atoms with Gasteiger partial charge in [0.15, 0.2) is 0 Å². The van der Waals surface area contributed by atoms with E-state index in [1.807, 2.05) is 0 Å². The van der Waals surface area contributed by atoms with Crippen molar-refractivity contribution in [3.05, 3.63) is 96.6 Å². The van der Waals surface area contributed by atoms with E-state index in [0.29, 0.717) is 48.3 Å². The van der Waals surface area contributed by atoms with Gasteiger partial charge in [0, 0.05) is 12.2 Å². The fourth-order valence-electron chi connectivity index (χ4n) is 3.81. The first-order chi connectivity index (χ1) is 21.1. The summed E-state index contributed by atoms with van der Waals surface area (Å²) in [5, 5.41) is 0. The molecule has 2 aromatic rings. The van der Waals surface area contributed by atoms with E-state index < -0.39 is 49.1 Å². The molecule has 0 spiro atoms. The summed E-state index contributed by atoms with van der Waals surface area (Å²) < 4.78 is 55.5. The molecule has 0 saturated heterocycles. The third-order valence-corrected chi connectivity index (χ3v) is 6.05. The topological polar surface area (TPSA) is 124 Å². The molecule has 0 aliphatic heterocycles. The second-order valence-electron chi connectivity index (χ2n) is 9.27. The first-order valence-corrected chi connectivity index (χ1v) is 13.3. The van der Waals surface area contributed by atoms with E-state index in [-0.39, 0.29) is 12.2 Å². The van der Waals surface area contributed by atoms with Gasteiger partial charge in [-0.2, -0.15) is 8.78 Å². The highest BCUT2D eigenvalue weighted by Gasteiger charge is 2.25. The molecule has 1 aliphatic carbocycles. The smallest absolute Gasteiger partial charge is 0.369 e. The number of carbonyl (C=O) groups is 4. The van der Waals surface area contributed by atoms with Gasteiger partial charge < -0.3 is 28.4 Å². The van der Waals surface area contributed by atoms with Crippen LogP contribution in [0.15, 0.2) is 85.5 Å². The Morgan fingerprint density at radius 3 is 1.30 bits per heavy atom. The van der Waals surface area contributed by atoms with Gasteiger partial charge in [-0.1, -0.05) is 37.4 Å². The first-order valence-electron chi connectivity index (χ1n) is 13.3. The first kappa shape index (κ1) is 33.2. The molecule has 2 aromatic carbocycles. The van der Waals surface area contributed by atoms with E-state index in [1.54, 1.807) is 60.7 Å². The van der Waals surface area contributed by atoms with E-state index in [0.717, 1.165) is 0 Å². The molecule has 44 heavy (non-hydrogen) atoms. The van der Waals surface area contributed by atoms with Gasteiger partial charge in [-0.05, 0) is 73.2 Å². The monoisotopic (exact) mass is 612 g/mol. The molecule has 0 heterocycles. The number of halogens is 2. The highest BCUT2D eigenvalue weighted by molar-refractivity contribution is 5.88. The van der Waals surface area contributed by atoms with Gasteiger partial charge in [-0.25, -0.2) is 19.2 Å². The summed E-state index contributed by atoms with van der Waals surface area (Å²) in [6, 6.07) is 13.0. The number of benzene rings is 2. The van der Waals surface area contributed by atoms with Crippen molar-refractivity contribution >= 4 is 36.0 Å². The van der Waals surface area contributed by atoms with Crippen molar-refractivity contribution in [3.63, 3.8) is 0 Å². The van der Waals surface area contributed by atoms with Crippen LogP contribution >= 0.6 is 0 Å². The molecule has 0 bridgehead atoms. The number of rotatable bonds is 14. The minimum absolute atomic E-state index is 0.295. The van der Waals surface area contributed by atoms with Crippen LogP contribution in [0.25, 0.3) is 12.2 Å². The van der Waals surface area contributed by atoms with Gasteiger partial charge in [-0.15, -0.1) is 0 Å².